The molecule has 1 N–H and O–H groups in total. The maximum absolute atomic E-state index is 12.2. The molecule has 122 valence electrons. The summed E-state index contributed by atoms with van der Waals surface area (Å²) in [4.78, 5) is 14.2. The van der Waals surface area contributed by atoms with Gasteiger partial charge in [0.05, 0.1) is 22.2 Å². The molecular formula is C16H22Cl2N2O2. The molecule has 1 heterocycles. The van der Waals surface area contributed by atoms with Crippen LogP contribution in [-0.2, 0) is 16.1 Å². The van der Waals surface area contributed by atoms with Gasteiger partial charge < -0.3 is 10.1 Å². The Balaban J connectivity index is 1.83. The summed E-state index contributed by atoms with van der Waals surface area (Å²) < 4.78 is 5.51. The fraction of sp³-hybridized carbons (Fsp3) is 0.562. The number of ether oxygens (including phenoxy) is 1. The Morgan fingerprint density at radius 2 is 2.23 bits per heavy atom. The Labute approximate surface area is 141 Å². The molecule has 1 aromatic carbocycles. The van der Waals surface area contributed by atoms with Crippen LogP contribution in [0.5, 0.6) is 0 Å². The fourth-order valence-corrected chi connectivity index (χ4v) is 2.75. The zero-order valence-corrected chi connectivity index (χ0v) is 14.5. The summed E-state index contributed by atoms with van der Waals surface area (Å²) in [6.45, 7) is 3.91. The van der Waals surface area contributed by atoms with Crippen LogP contribution >= 0.6 is 23.2 Å². The van der Waals surface area contributed by atoms with Crippen LogP contribution in [0.4, 0.5) is 0 Å². The van der Waals surface area contributed by atoms with Crippen molar-refractivity contribution < 1.29 is 9.53 Å². The first-order valence-electron chi connectivity index (χ1n) is 7.51. The summed E-state index contributed by atoms with van der Waals surface area (Å²) in [5.41, 5.74) is 1.02. The second-order valence-electron chi connectivity index (χ2n) is 5.72. The normalized spacial score (nSPS) is 19.4. The summed E-state index contributed by atoms with van der Waals surface area (Å²) in [5.74, 6) is 0.0121. The van der Waals surface area contributed by atoms with Crippen LogP contribution in [0.3, 0.4) is 0 Å². The van der Waals surface area contributed by atoms with Crippen molar-refractivity contribution in [3.8, 4) is 0 Å². The van der Waals surface area contributed by atoms with Crippen molar-refractivity contribution in [1.29, 1.82) is 0 Å². The minimum absolute atomic E-state index is 0.0121. The van der Waals surface area contributed by atoms with Crippen LogP contribution < -0.4 is 5.32 Å². The summed E-state index contributed by atoms with van der Waals surface area (Å²) >= 11 is 11.9. The number of benzene rings is 1. The maximum Gasteiger partial charge on any atom is 0.237 e. The lowest BCUT2D eigenvalue weighted by Gasteiger charge is -2.24. The van der Waals surface area contributed by atoms with Crippen molar-refractivity contribution in [3.63, 3.8) is 0 Å². The first kappa shape index (κ1) is 17.5. The number of likely N-dealkylation sites (N-methyl/N-ethyl adjacent to an activating group) is 1. The Morgan fingerprint density at radius 3 is 2.86 bits per heavy atom. The molecule has 0 aromatic heterocycles. The lowest BCUT2D eigenvalue weighted by atomic mass is 10.2. The second kappa shape index (κ2) is 8.16. The number of rotatable bonds is 6. The van der Waals surface area contributed by atoms with Crippen molar-refractivity contribution in [2.75, 3.05) is 20.2 Å². The molecule has 0 bridgehead atoms. The van der Waals surface area contributed by atoms with Crippen LogP contribution in [0.25, 0.3) is 0 Å². The highest BCUT2D eigenvalue weighted by atomic mass is 35.5. The third kappa shape index (κ3) is 4.85. The largest absolute Gasteiger partial charge is 0.376 e. The Morgan fingerprint density at radius 1 is 1.45 bits per heavy atom. The average Bonchev–Trinajstić information content (AvgIpc) is 3.01. The summed E-state index contributed by atoms with van der Waals surface area (Å²) in [7, 11) is 1.92. The molecule has 1 aliphatic heterocycles. The first-order valence-corrected chi connectivity index (χ1v) is 8.26. The highest BCUT2D eigenvalue weighted by Crippen LogP contribution is 2.23. The Hall–Kier alpha value is -0.810. The van der Waals surface area contributed by atoms with Crippen LogP contribution in [0.2, 0.25) is 10.0 Å². The van der Waals surface area contributed by atoms with Gasteiger partial charge in [0, 0.05) is 19.7 Å². The molecule has 0 radical (unpaired) electrons. The average molecular weight is 345 g/mol. The SMILES string of the molecule is CC(C(=O)NCC1CCCO1)N(C)Cc1ccc(Cl)c(Cl)c1. The van der Waals surface area contributed by atoms with E-state index in [1.54, 1.807) is 6.07 Å². The molecule has 1 amide bonds. The van der Waals surface area contributed by atoms with Crippen LogP contribution in [0, 0.1) is 0 Å². The van der Waals surface area contributed by atoms with E-state index in [4.69, 9.17) is 27.9 Å². The van der Waals surface area contributed by atoms with Gasteiger partial charge in [-0.05, 0) is 44.5 Å². The molecule has 2 atom stereocenters. The number of nitrogens with zero attached hydrogens (tertiary/aromatic N) is 1. The lowest BCUT2D eigenvalue weighted by Crippen LogP contribution is -2.45. The van der Waals surface area contributed by atoms with E-state index in [0.717, 1.165) is 25.0 Å². The molecule has 4 nitrogen and oxygen atoms in total. The molecule has 0 saturated carbocycles. The predicted octanol–water partition coefficient (Wildman–Crippen LogP) is 3.11. The van der Waals surface area contributed by atoms with Crippen molar-refractivity contribution in [3.05, 3.63) is 33.8 Å². The number of carbonyl (C=O) groups is 1. The minimum atomic E-state index is -0.226. The fourth-order valence-electron chi connectivity index (χ4n) is 2.43. The topological polar surface area (TPSA) is 41.6 Å². The number of amides is 1. The van der Waals surface area contributed by atoms with Gasteiger partial charge in [0.2, 0.25) is 5.91 Å². The zero-order chi connectivity index (χ0) is 16.1. The molecule has 2 rings (SSSR count). The van der Waals surface area contributed by atoms with E-state index in [1.807, 2.05) is 31.0 Å². The van der Waals surface area contributed by atoms with Crippen LogP contribution in [-0.4, -0.2) is 43.2 Å². The monoisotopic (exact) mass is 344 g/mol. The smallest absolute Gasteiger partial charge is 0.237 e. The van der Waals surface area contributed by atoms with Gasteiger partial charge in [-0.2, -0.15) is 0 Å². The molecule has 1 saturated heterocycles. The highest BCUT2D eigenvalue weighted by molar-refractivity contribution is 6.42. The van der Waals surface area contributed by atoms with Crippen molar-refractivity contribution >= 4 is 29.1 Å². The van der Waals surface area contributed by atoms with E-state index < -0.39 is 0 Å². The molecule has 0 aliphatic carbocycles. The molecule has 6 heteroatoms. The molecule has 1 aromatic rings. The van der Waals surface area contributed by atoms with E-state index in [9.17, 15) is 4.79 Å². The lowest BCUT2D eigenvalue weighted by molar-refractivity contribution is -0.126. The van der Waals surface area contributed by atoms with E-state index in [2.05, 4.69) is 5.32 Å². The van der Waals surface area contributed by atoms with E-state index >= 15 is 0 Å². The van der Waals surface area contributed by atoms with Gasteiger partial charge in [-0.15, -0.1) is 0 Å². The Bertz CT molecular complexity index is 519. The van der Waals surface area contributed by atoms with E-state index in [0.29, 0.717) is 23.1 Å². The van der Waals surface area contributed by atoms with Gasteiger partial charge in [0.1, 0.15) is 0 Å². The number of hydrogen-bond acceptors (Lipinski definition) is 3. The van der Waals surface area contributed by atoms with Crippen molar-refractivity contribution in [2.45, 2.75) is 38.5 Å². The predicted molar refractivity (Wildman–Crippen MR) is 89.4 cm³/mol. The third-order valence-corrected chi connectivity index (χ3v) is 4.72. The molecule has 22 heavy (non-hydrogen) atoms. The molecule has 1 aliphatic rings. The first-order chi connectivity index (χ1) is 10.5. The number of nitrogens with one attached hydrogen (secondary N) is 1. The third-order valence-electron chi connectivity index (χ3n) is 3.98. The van der Waals surface area contributed by atoms with Gasteiger partial charge >= 0.3 is 0 Å². The second-order valence-corrected chi connectivity index (χ2v) is 6.53. The van der Waals surface area contributed by atoms with Gasteiger partial charge in [-0.3, -0.25) is 9.69 Å². The molecule has 0 spiro atoms. The van der Waals surface area contributed by atoms with Gasteiger partial charge in [0.25, 0.3) is 0 Å². The van der Waals surface area contributed by atoms with Crippen molar-refractivity contribution in [2.24, 2.45) is 0 Å². The highest BCUT2D eigenvalue weighted by Gasteiger charge is 2.21. The molecule has 2 unspecified atom stereocenters. The maximum atomic E-state index is 12.2. The minimum Gasteiger partial charge on any atom is -0.376 e. The van der Waals surface area contributed by atoms with E-state index in [-0.39, 0.29) is 18.1 Å². The number of hydrogen-bond donors (Lipinski definition) is 1. The summed E-state index contributed by atoms with van der Waals surface area (Å²) in [6.07, 6.45) is 2.26. The van der Waals surface area contributed by atoms with Crippen molar-refractivity contribution in [1.82, 2.24) is 10.2 Å². The van der Waals surface area contributed by atoms with Crippen LogP contribution in [0.15, 0.2) is 18.2 Å². The summed E-state index contributed by atoms with van der Waals surface area (Å²) in [5, 5.41) is 4.03. The summed E-state index contributed by atoms with van der Waals surface area (Å²) in [6, 6.07) is 5.30. The van der Waals surface area contributed by atoms with Gasteiger partial charge in [-0.1, -0.05) is 29.3 Å². The molecule has 1 fully saturated rings. The molecular weight excluding hydrogens is 323 g/mol. The van der Waals surface area contributed by atoms with Gasteiger partial charge in [0.15, 0.2) is 0 Å². The number of carbonyl (C=O) groups excluding carboxylic acids is 1. The standard InChI is InChI=1S/C16H22Cl2N2O2/c1-11(16(21)19-9-13-4-3-7-22-13)20(2)10-12-5-6-14(17)15(18)8-12/h5-6,8,11,13H,3-4,7,9-10H2,1-2H3,(H,19,21). The Kier molecular flexibility index (Phi) is 6.50. The van der Waals surface area contributed by atoms with Crippen LogP contribution in [0.1, 0.15) is 25.3 Å². The zero-order valence-electron chi connectivity index (χ0n) is 12.9. The van der Waals surface area contributed by atoms with E-state index in [1.165, 1.54) is 0 Å². The van der Waals surface area contributed by atoms with Gasteiger partial charge in [-0.25, -0.2) is 0 Å². The quantitative estimate of drug-likeness (QED) is 0.861. The number of halogens is 2.